The molecule has 13 heavy (non-hydrogen) atoms. The van der Waals surface area contributed by atoms with Gasteiger partial charge in [0.1, 0.15) is 5.75 Å². The molecule has 0 aromatic heterocycles. The SMILES string of the molecule is O=CC1CCc2cccc(Cl)c2O1. The number of carbonyl (C=O) groups is 1. The molecular formula is C10H9ClO2. The Hall–Kier alpha value is -1.02. The van der Waals surface area contributed by atoms with Gasteiger partial charge in [-0.2, -0.15) is 0 Å². The fourth-order valence-corrected chi connectivity index (χ4v) is 1.72. The Balaban J connectivity index is 2.37. The lowest BCUT2D eigenvalue weighted by Crippen LogP contribution is -2.23. The van der Waals surface area contributed by atoms with Crippen LogP contribution in [0.4, 0.5) is 0 Å². The van der Waals surface area contributed by atoms with E-state index in [2.05, 4.69) is 0 Å². The quantitative estimate of drug-likeness (QED) is 0.644. The lowest BCUT2D eigenvalue weighted by Gasteiger charge is -2.22. The van der Waals surface area contributed by atoms with Gasteiger partial charge in [-0.3, -0.25) is 4.79 Å². The predicted molar refractivity (Wildman–Crippen MR) is 50.3 cm³/mol. The summed E-state index contributed by atoms with van der Waals surface area (Å²) in [4.78, 5) is 10.5. The summed E-state index contributed by atoms with van der Waals surface area (Å²) in [6, 6.07) is 5.64. The maximum absolute atomic E-state index is 10.5. The number of para-hydroxylation sites is 1. The first kappa shape index (κ1) is 8.57. The van der Waals surface area contributed by atoms with Crippen LogP contribution in [0.5, 0.6) is 5.75 Å². The molecule has 1 aliphatic rings. The molecule has 0 N–H and O–H groups in total. The Morgan fingerprint density at radius 3 is 3.15 bits per heavy atom. The Kier molecular flexibility index (Phi) is 2.23. The molecule has 3 heteroatoms. The van der Waals surface area contributed by atoms with E-state index >= 15 is 0 Å². The van der Waals surface area contributed by atoms with Gasteiger partial charge in [-0.05, 0) is 24.5 Å². The second kappa shape index (κ2) is 3.38. The molecule has 1 aromatic carbocycles. The number of rotatable bonds is 1. The van der Waals surface area contributed by atoms with Gasteiger partial charge in [-0.25, -0.2) is 0 Å². The summed E-state index contributed by atoms with van der Waals surface area (Å²) in [5.74, 6) is 0.674. The third kappa shape index (κ3) is 1.54. The van der Waals surface area contributed by atoms with E-state index in [0.717, 1.165) is 24.7 Å². The van der Waals surface area contributed by atoms with Crippen molar-refractivity contribution < 1.29 is 9.53 Å². The van der Waals surface area contributed by atoms with Crippen molar-refractivity contribution in [1.82, 2.24) is 0 Å². The van der Waals surface area contributed by atoms with Crippen LogP contribution in [0.1, 0.15) is 12.0 Å². The van der Waals surface area contributed by atoms with Crippen molar-refractivity contribution in [1.29, 1.82) is 0 Å². The van der Waals surface area contributed by atoms with E-state index in [-0.39, 0.29) is 6.10 Å². The molecule has 0 fully saturated rings. The Bertz CT molecular complexity index is 336. The van der Waals surface area contributed by atoms with E-state index in [1.165, 1.54) is 0 Å². The van der Waals surface area contributed by atoms with Crippen LogP contribution in [0.2, 0.25) is 5.02 Å². The normalized spacial score (nSPS) is 20.2. The molecule has 0 bridgehead atoms. The number of carbonyl (C=O) groups excluding carboxylic acids is 1. The van der Waals surface area contributed by atoms with E-state index in [4.69, 9.17) is 16.3 Å². The molecule has 1 aromatic rings. The van der Waals surface area contributed by atoms with Gasteiger partial charge in [-0.15, -0.1) is 0 Å². The van der Waals surface area contributed by atoms with Gasteiger partial charge in [0, 0.05) is 0 Å². The van der Waals surface area contributed by atoms with Crippen LogP contribution >= 0.6 is 11.6 Å². The zero-order valence-corrected chi connectivity index (χ0v) is 7.75. The van der Waals surface area contributed by atoms with Crippen LogP contribution in [0.3, 0.4) is 0 Å². The number of hydrogen-bond donors (Lipinski definition) is 0. The average molecular weight is 197 g/mol. The van der Waals surface area contributed by atoms with Gasteiger partial charge in [-0.1, -0.05) is 23.7 Å². The smallest absolute Gasteiger partial charge is 0.160 e. The maximum Gasteiger partial charge on any atom is 0.160 e. The molecule has 1 unspecified atom stereocenters. The predicted octanol–water partition coefficient (Wildman–Crippen LogP) is 2.23. The summed E-state index contributed by atoms with van der Waals surface area (Å²) in [5, 5.41) is 0.587. The topological polar surface area (TPSA) is 26.3 Å². The van der Waals surface area contributed by atoms with Crippen molar-refractivity contribution in [3.8, 4) is 5.75 Å². The standard InChI is InChI=1S/C10H9ClO2/c11-9-3-1-2-7-4-5-8(6-12)13-10(7)9/h1-3,6,8H,4-5H2. The molecule has 2 rings (SSSR count). The summed E-state index contributed by atoms with van der Waals surface area (Å²) < 4.78 is 5.41. The highest BCUT2D eigenvalue weighted by atomic mass is 35.5. The van der Waals surface area contributed by atoms with Crippen LogP contribution in [0.15, 0.2) is 18.2 Å². The van der Waals surface area contributed by atoms with Crippen molar-refractivity contribution in [2.75, 3.05) is 0 Å². The van der Waals surface area contributed by atoms with E-state index in [0.29, 0.717) is 10.8 Å². The highest BCUT2D eigenvalue weighted by molar-refractivity contribution is 6.32. The molecule has 2 nitrogen and oxygen atoms in total. The van der Waals surface area contributed by atoms with Gasteiger partial charge >= 0.3 is 0 Å². The van der Waals surface area contributed by atoms with Crippen LogP contribution in [0, 0.1) is 0 Å². The highest BCUT2D eigenvalue weighted by Gasteiger charge is 2.20. The second-order valence-corrected chi connectivity index (χ2v) is 3.47. The highest BCUT2D eigenvalue weighted by Crippen LogP contribution is 2.33. The molecule has 0 saturated heterocycles. The number of aldehydes is 1. The summed E-state index contributed by atoms with van der Waals surface area (Å²) in [6.07, 6.45) is 2.11. The molecular weight excluding hydrogens is 188 g/mol. The minimum absolute atomic E-state index is 0.326. The van der Waals surface area contributed by atoms with Gasteiger partial charge < -0.3 is 4.74 Å². The summed E-state index contributed by atoms with van der Waals surface area (Å²) in [7, 11) is 0. The Morgan fingerprint density at radius 1 is 1.54 bits per heavy atom. The molecule has 0 saturated carbocycles. The van der Waals surface area contributed by atoms with Gasteiger partial charge in [0.25, 0.3) is 0 Å². The second-order valence-electron chi connectivity index (χ2n) is 3.06. The number of benzene rings is 1. The van der Waals surface area contributed by atoms with Crippen molar-refractivity contribution in [2.24, 2.45) is 0 Å². The Labute approximate surface area is 81.5 Å². The molecule has 1 heterocycles. The lowest BCUT2D eigenvalue weighted by molar-refractivity contribution is -0.114. The molecule has 0 spiro atoms. The average Bonchev–Trinajstić information content (AvgIpc) is 2.18. The van der Waals surface area contributed by atoms with Crippen molar-refractivity contribution >= 4 is 17.9 Å². The first-order chi connectivity index (χ1) is 6.31. The van der Waals surface area contributed by atoms with E-state index in [1.54, 1.807) is 6.07 Å². The zero-order valence-electron chi connectivity index (χ0n) is 7.00. The van der Waals surface area contributed by atoms with Gasteiger partial charge in [0.05, 0.1) is 5.02 Å². The molecule has 0 aliphatic carbocycles. The molecule has 1 aliphatic heterocycles. The first-order valence-corrected chi connectivity index (χ1v) is 4.58. The minimum Gasteiger partial charge on any atom is -0.481 e. The molecule has 0 radical (unpaired) electrons. The number of aryl methyl sites for hydroxylation is 1. The van der Waals surface area contributed by atoms with Crippen LogP contribution in [0.25, 0.3) is 0 Å². The minimum atomic E-state index is -0.326. The third-order valence-electron chi connectivity index (χ3n) is 2.17. The van der Waals surface area contributed by atoms with E-state index < -0.39 is 0 Å². The maximum atomic E-state index is 10.5. The summed E-state index contributed by atoms with van der Waals surface area (Å²) in [6.45, 7) is 0. The lowest BCUT2D eigenvalue weighted by atomic mass is 10.0. The zero-order chi connectivity index (χ0) is 9.26. The monoisotopic (exact) mass is 196 g/mol. The van der Waals surface area contributed by atoms with Gasteiger partial charge in [0.2, 0.25) is 0 Å². The third-order valence-corrected chi connectivity index (χ3v) is 2.47. The number of halogens is 1. The molecule has 1 atom stereocenters. The van der Waals surface area contributed by atoms with Gasteiger partial charge in [0.15, 0.2) is 12.4 Å². The van der Waals surface area contributed by atoms with Crippen LogP contribution in [-0.2, 0) is 11.2 Å². The Morgan fingerprint density at radius 2 is 2.38 bits per heavy atom. The van der Waals surface area contributed by atoms with Crippen LogP contribution in [-0.4, -0.2) is 12.4 Å². The summed E-state index contributed by atoms with van der Waals surface area (Å²) in [5.41, 5.74) is 1.09. The molecule has 0 amide bonds. The van der Waals surface area contributed by atoms with E-state index in [1.807, 2.05) is 12.1 Å². The van der Waals surface area contributed by atoms with Crippen molar-refractivity contribution in [3.63, 3.8) is 0 Å². The van der Waals surface area contributed by atoms with Crippen LogP contribution < -0.4 is 4.74 Å². The number of fused-ring (bicyclic) bond motifs is 1. The fraction of sp³-hybridized carbons (Fsp3) is 0.300. The fourth-order valence-electron chi connectivity index (χ4n) is 1.49. The molecule has 68 valence electrons. The number of hydrogen-bond acceptors (Lipinski definition) is 2. The van der Waals surface area contributed by atoms with Crippen molar-refractivity contribution in [3.05, 3.63) is 28.8 Å². The largest absolute Gasteiger partial charge is 0.481 e. The summed E-state index contributed by atoms with van der Waals surface area (Å²) >= 11 is 5.92. The first-order valence-electron chi connectivity index (χ1n) is 4.20. The number of ether oxygens (including phenoxy) is 1. The van der Waals surface area contributed by atoms with E-state index in [9.17, 15) is 4.79 Å². The van der Waals surface area contributed by atoms with Crippen molar-refractivity contribution in [2.45, 2.75) is 18.9 Å².